The topological polar surface area (TPSA) is 71.4 Å². The molecule has 7 heteroatoms. The zero-order valence-corrected chi connectivity index (χ0v) is 20.6. The van der Waals surface area contributed by atoms with Crippen LogP contribution in [0.3, 0.4) is 0 Å². The minimum Gasteiger partial charge on any atom is -0.491 e. The molecule has 33 heavy (non-hydrogen) atoms. The molecule has 0 spiro atoms. The molecule has 1 aliphatic heterocycles. The molecule has 1 saturated heterocycles. The van der Waals surface area contributed by atoms with Crippen LogP contribution in [0.1, 0.15) is 30.5 Å². The minimum absolute atomic E-state index is 0.150. The van der Waals surface area contributed by atoms with Crippen LogP contribution in [0.4, 0.5) is 0 Å². The number of β-amino-alcohol motifs (C(OH)–C–C–N with tert-alkyl or cyclic N) is 1. The SMILES string of the molecule is Cc1cc(C(C)(C)c2ccc(OC[C@H](O)CN3CCOCC3)cc2)ccc1OCC(O)CCl. The summed E-state index contributed by atoms with van der Waals surface area (Å²) >= 11 is 5.64. The second kappa shape index (κ2) is 12.0. The summed E-state index contributed by atoms with van der Waals surface area (Å²) in [5.41, 5.74) is 3.12. The van der Waals surface area contributed by atoms with Gasteiger partial charge in [-0.05, 0) is 41.8 Å². The van der Waals surface area contributed by atoms with Crippen LogP contribution >= 0.6 is 11.6 Å². The Kier molecular flexibility index (Phi) is 9.41. The molecular formula is C26H36ClNO5. The fraction of sp³-hybridized carbons (Fsp3) is 0.538. The van der Waals surface area contributed by atoms with Crippen LogP contribution in [0.15, 0.2) is 42.5 Å². The van der Waals surface area contributed by atoms with Crippen LogP contribution in [0.25, 0.3) is 0 Å². The Morgan fingerprint density at radius 1 is 0.970 bits per heavy atom. The van der Waals surface area contributed by atoms with Crippen molar-refractivity contribution in [2.75, 3.05) is 51.9 Å². The first-order chi connectivity index (χ1) is 15.8. The zero-order valence-electron chi connectivity index (χ0n) is 19.8. The third-order valence-corrected chi connectivity index (χ3v) is 6.45. The van der Waals surface area contributed by atoms with Crippen LogP contribution in [0.5, 0.6) is 11.5 Å². The van der Waals surface area contributed by atoms with Crippen LogP contribution < -0.4 is 9.47 Å². The van der Waals surface area contributed by atoms with E-state index in [0.29, 0.717) is 6.54 Å². The molecule has 0 aliphatic carbocycles. The molecule has 1 heterocycles. The first-order valence-corrected chi connectivity index (χ1v) is 12.0. The Labute approximate surface area is 202 Å². The summed E-state index contributed by atoms with van der Waals surface area (Å²) in [6.07, 6.45) is -1.21. The van der Waals surface area contributed by atoms with Crippen molar-refractivity contribution in [2.24, 2.45) is 0 Å². The van der Waals surface area contributed by atoms with Crippen molar-refractivity contribution in [3.05, 3.63) is 59.2 Å². The summed E-state index contributed by atoms with van der Waals surface area (Å²) < 4.78 is 16.9. The molecule has 3 rings (SSSR count). The van der Waals surface area contributed by atoms with E-state index in [1.807, 2.05) is 25.1 Å². The number of aliphatic hydroxyl groups excluding tert-OH is 2. The van der Waals surface area contributed by atoms with E-state index in [1.54, 1.807) is 0 Å². The van der Waals surface area contributed by atoms with Crippen molar-refractivity contribution in [3.63, 3.8) is 0 Å². The molecule has 0 aromatic heterocycles. The summed E-state index contributed by atoms with van der Waals surface area (Å²) in [6, 6.07) is 14.2. The summed E-state index contributed by atoms with van der Waals surface area (Å²) in [5.74, 6) is 1.64. The number of rotatable bonds is 11. The second-order valence-corrected chi connectivity index (χ2v) is 9.44. The van der Waals surface area contributed by atoms with Gasteiger partial charge in [-0.25, -0.2) is 0 Å². The minimum atomic E-state index is -0.677. The van der Waals surface area contributed by atoms with Crippen LogP contribution in [0, 0.1) is 6.92 Å². The predicted molar refractivity (Wildman–Crippen MR) is 131 cm³/mol. The van der Waals surface area contributed by atoms with Crippen LogP contribution in [0.2, 0.25) is 0 Å². The average molecular weight is 478 g/mol. The first kappa shape index (κ1) is 25.8. The third kappa shape index (κ3) is 7.33. The highest BCUT2D eigenvalue weighted by molar-refractivity contribution is 6.18. The number of hydrogen-bond donors (Lipinski definition) is 2. The number of nitrogens with zero attached hydrogens (tertiary/aromatic N) is 1. The van der Waals surface area contributed by atoms with Gasteiger partial charge in [-0.2, -0.15) is 0 Å². The maximum atomic E-state index is 10.3. The number of alkyl halides is 1. The maximum Gasteiger partial charge on any atom is 0.122 e. The van der Waals surface area contributed by atoms with Crippen molar-refractivity contribution in [1.82, 2.24) is 4.90 Å². The number of hydrogen-bond acceptors (Lipinski definition) is 6. The van der Waals surface area contributed by atoms with E-state index in [1.165, 1.54) is 5.56 Å². The Balaban J connectivity index is 1.57. The average Bonchev–Trinajstić information content (AvgIpc) is 2.82. The number of morpholine rings is 1. The molecule has 6 nitrogen and oxygen atoms in total. The molecule has 2 atom stereocenters. The fourth-order valence-corrected chi connectivity index (χ4v) is 3.98. The molecular weight excluding hydrogens is 442 g/mol. The molecule has 182 valence electrons. The fourth-order valence-electron chi connectivity index (χ4n) is 3.89. The highest BCUT2D eigenvalue weighted by Gasteiger charge is 2.24. The summed E-state index contributed by atoms with van der Waals surface area (Å²) in [4.78, 5) is 2.20. The molecule has 1 fully saturated rings. The van der Waals surface area contributed by atoms with Gasteiger partial charge in [0.05, 0.1) is 19.1 Å². The molecule has 2 aromatic carbocycles. The normalized spacial score (nSPS) is 16.9. The number of benzene rings is 2. The molecule has 2 N–H and O–H groups in total. The first-order valence-electron chi connectivity index (χ1n) is 11.5. The third-order valence-electron chi connectivity index (χ3n) is 6.10. The number of halogens is 1. The lowest BCUT2D eigenvalue weighted by Crippen LogP contribution is -2.42. The lowest BCUT2D eigenvalue weighted by Gasteiger charge is -2.28. The van der Waals surface area contributed by atoms with E-state index in [0.717, 1.165) is 48.9 Å². The summed E-state index contributed by atoms with van der Waals surface area (Å²) in [6.45, 7) is 10.5. The van der Waals surface area contributed by atoms with Gasteiger partial charge in [-0.1, -0.05) is 38.1 Å². The molecule has 1 unspecified atom stereocenters. The highest BCUT2D eigenvalue weighted by Crippen LogP contribution is 2.34. The van der Waals surface area contributed by atoms with Gasteiger partial charge >= 0.3 is 0 Å². The van der Waals surface area contributed by atoms with E-state index in [-0.39, 0.29) is 24.5 Å². The van der Waals surface area contributed by atoms with Crippen LogP contribution in [-0.4, -0.2) is 79.3 Å². The molecule has 0 saturated carbocycles. The Morgan fingerprint density at radius 2 is 1.61 bits per heavy atom. The molecule has 0 bridgehead atoms. The maximum absolute atomic E-state index is 10.3. The van der Waals surface area contributed by atoms with Gasteiger partial charge in [0.2, 0.25) is 0 Å². The Bertz CT molecular complexity index is 867. The Morgan fingerprint density at radius 3 is 2.24 bits per heavy atom. The lowest BCUT2D eigenvalue weighted by atomic mass is 9.77. The number of ether oxygens (including phenoxy) is 3. The molecule has 1 aliphatic rings. The van der Waals surface area contributed by atoms with Crippen LogP contribution in [-0.2, 0) is 10.2 Å². The summed E-state index contributed by atoms with van der Waals surface area (Å²) in [5, 5.41) is 19.9. The molecule has 2 aromatic rings. The van der Waals surface area contributed by atoms with Crippen molar-refractivity contribution >= 4 is 11.6 Å². The predicted octanol–water partition coefficient (Wildman–Crippen LogP) is 3.37. The van der Waals surface area contributed by atoms with Gasteiger partial charge in [0.25, 0.3) is 0 Å². The largest absolute Gasteiger partial charge is 0.491 e. The van der Waals surface area contributed by atoms with Gasteiger partial charge in [0.15, 0.2) is 0 Å². The second-order valence-electron chi connectivity index (χ2n) is 9.13. The van der Waals surface area contributed by atoms with Gasteiger partial charge in [0.1, 0.15) is 36.9 Å². The summed E-state index contributed by atoms with van der Waals surface area (Å²) in [7, 11) is 0. The standard InChI is InChI=1S/C26H36ClNO5/c1-19-14-21(6-9-25(19)33-17-22(29)15-27)26(2,3)20-4-7-24(8-5-20)32-18-23(30)16-28-10-12-31-13-11-28/h4-9,14,22-23,29-30H,10-13,15-18H2,1-3H3/t22?,23-/m1/s1. The van der Waals surface area contributed by atoms with Gasteiger partial charge in [0, 0.05) is 25.0 Å². The van der Waals surface area contributed by atoms with Gasteiger partial charge in [-0.15, -0.1) is 11.6 Å². The number of aryl methyl sites for hydroxylation is 1. The van der Waals surface area contributed by atoms with Crippen molar-refractivity contribution in [2.45, 2.75) is 38.4 Å². The Hall–Kier alpha value is -1.83. The van der Waals surface area contributed by atoms with Crippen molar-refractivity contribution in [1.29, 1.82) is 0 Å². The quantitative estimate of drug-likeness (QED) is 0.483. The number of aliphatic hydroxyl groups is 2. The lowest BCUT2D eigenvalue weighted by molar-refractivity contribution is 0.00465. The highest BCUT2D eigenvalue weighted by atomic mass is 35.5. The smallest absolute Gasteiger partial charge is 0.122 e. The molecule has 0 amide bonds. The van der Waals surface area contributed by atoms with Crippen molar-refractivity contribution < 1.29 is 24.4 Å². The van der Waals surface area contributed by atoms with Gasteiger partial charge < -0.3 is 24.4 Å². The molecule has 0 radical (unpaired) electrons. The van der Waals surface area contributed by atoms with Gasteiger partial charge in [-0.3, -0.25) is 4.90 Å². The van der Waals surface area contributed by atoms with Crippen molar-refractivity contribution in [3.8, 4) is 11.5 Å². The van der Waals surface area contributed by atoms with E-state index < -0.39 is 12.2 Å². The van der Waals surface area contributed by atoms with E-state index in [4.69, 9.17) is 25.8 Å². The monoisotopic (exact) mass is 477 g/mol. The van der Waals surface area contributed by atoms with E-state index in [2.05, 4.69) is 43.0 Å². The van der Waals surface area contributed by atoms with E-state index in [9.17, 15) is 10.2 Å². The zero-order chi connectivity index (χ0) is 23.8. The van der Waals surface area contributed by atoms with E-state index >= 15 is 0 Å².